The van der Waals surface area contributed by atoms with Gasteiger partial charge in [0.15, 0.2) is 17.3 Å². The third kappa shape index (κ3) is 2.94. The molecule has 1 aromatic carbocycles. The third-order valence-corrected chi connectivity index (χ3v) is 4.27. The van der Waals surface area contributed by atoms with Gasteiger partial charge in [0.2, 0.25) is 0 Å². The predicted molar refractivity (Wildman–Crippen MR) is 84.5 cm³/mol. The van der Waals surface area contributed by atoms with Gasteiger partial charge in [-0.05, 0) is 40.2 Å². The van der Waals surface area contributed by atoms with E-state index in [-0.39, 0.29) is 5.75 Å². The quantitative estimate of drug-likeness (QED) is 0.784. The van der Waals surface area contributed by atoms with Crippen LogP contribution in [0.15, 0.2) is 12.1 Å². The number of benzene rings is 1. The second kappa shape index (κ2) is 6.09. The van der Waals surface area contributed by atoms with E-state index < -0.39 is 24.1 Å². The van der Waals surface area contributed by atoms with E-state index >= 15 is 0 Å². The Labute approximate surface area is 132 Å². The molecule has 0 bridgehead atoms. The summed E-state index contributed by atoms with van der Waals surface area (Å²) in [5, 5.41) is 0. The van der Waals surface area contributed by atoms with Gasteiger partial charge in [0.05, 0.1) is 24.9 Å². The number of methoxy groups -OCH3 is 1. The summed E-state index contributed by atoms with van der Waals surface area (Å²) in [5.41, 5.74) is -0.714. The molecule has 0 aromatic heterocycles. The first-order valence-corrected chi connectivity index (χ1v) is 7.58. The Kier molecular flexibility index (Phi) is 4.73. The van der Waals surface area contributed by atoms with Crippen molar-refractivity contribution in [2.75, 3.05) is 13.7 Å². The molecule has 1 aliphatic rings. The second-order valence-electron chi connectivity index (χ2n) is 6.44. The Bertz CT molecular complexity index is 529. The molecule has 0 atom stereocenters. The Balaban J connectivity index is 2.37. The minimum atomic E-state index is -0.764. The van der Waals surface area contributed by atoms with E-state index in [9.17, 15) is 4.39 Å². The number of rotatable bonds is 5. The molecule has 0 spiro atoms. The highest BCUT2D eigenvalue weighted by Gasteiger charge is 2.52. The predicted octanol–water partition coefficient (Wildman–Crippen LogP) is 2.92. The Hall–Kier alpha value is -1.27. The lowest BCUT2D eigenvalue weighted by molar-refractivity contribution is 0.00578. The Morgan fingerprint density at radius 3 is 2.23 bits per heavy atom. The first-order chi connectivity index (χ1) is 10.2. The summed E-state index contributed by atoms with van der Waals surface area (Å²) in [4.78, 5) is 0. The van der Waals surface area contributed by atoms with Crippen LogP contribution in [-0.4, -0.2) is 32.0 Å². The van der Waals surface area contributed by atoms with Gasteiger partial charge in [-0.2, -0.15) is 0 Å². The average molecular weight is 310 g/mol. The van der Waals surface area contributed by atoms with Crippen LogP contribution in [0.2, 0.25) is 0 Å². The maximum atomic E-state index is 14.8. The van der Waals surface area contributed by atoms with Crippen LogP contribution in [0.1, 0.15) is 41.0 Å². The number of hydrogen-bond donors (Lipinski definition) is 0. The molecule has 1 heterocycles. The van der Waals surface area contributed by atoms with Gasteiger partial charge < -0.3 is 18.8 Å². The highest BCUT2D eigenvalue weighted by molar-refractivity contribution is 6.62. The molecular formula is C16H24BFO4. The summed E-state index contributed by atoms with van der Waals surface area (Å²) >= 11 is 0. The first-order valence-electron chi connectivity index (χ1n) is 7.58. The van der Waals surface area contributed by atoms with Crippen LogP contribution in [0, 0.1) is 5.82 Å². The first kappa shape index (κ1) is 17.1. The topological polar surface area (TPSA) is 36.9 Å². The van der Waals surface area contributed by atoms with Crippen LogP contribution in [-0.2, 0) is 9.31 Å². The molecule has 122 valence electrons. The van der Waals surface area contributed by atoms with Gasteiger partial charge in [0, 0.05) is 5.46 Å². The zero-order valence-corrected chi connectivity index (χ0v) is 14.2. The summed E-state index contributed by atoms with van der Waals surface area (Å²) in [6, 6.07) is 3.30. The summed E-state index contributed by atoms with van der Waals surface area (Å²) in [7, 11) is 0.724. The molecular weight excluding hydrogens is 286 g/mol. The van der Waals surface area contributed by atoms with Gasteiger partial charge in [-0.3, -0.25) is 0 Å². The van der Waals surface area contributed by atoms with Crippen molar-refractivity contribution in [1.29, 1.82) is 0 Å². The van der Waals surface area contributed by atoms with Crippen LogP contribution in [0.4, 0.5) is 4.39 Å². The molecule has 0 aliphatic carbocycles. The second-order valence-corrected chi connectivity index (χ2v) is 6.44. The molecule has 0 saturated carbocycles. The maximum Gasteiger partial charge on any atom is 0.498 e. The Morgan fingerprint density at radius 1 is 1.14 bits per heavy atom. The van der Waals surface area contributed by atoms with Crippen LogP contribution in [0.5, 0.6) is 11.5 Å². The lowest BCUT2D eigenvalue weighted by Crippen LogP contribution is -2.41. The number of ether oxygens (including phenoxy) is 2. The largest absolute Gasteiger partial charge is 0.498 e. The summed E-state index contributed by atoms with van der Waals surface area (Å²) < 4.78 is 37.3. The zero-order valence-electron chi connectivity index (χ0n) is 14.2. The normalized spacial score (nSPS) is 19.3. The van der Waals surface area contributed by atoms with Crippen LogP contribution in [0.3, 0.4) is 0 Å². The van der Waals surface area contributed by atoms with Crippen molar-refractivity contribution < 1.29 is 23.2 Å². The molecule has 4 nitrogen and oxygen atoms in total. The van der Waals surface area contributed by atoms with E-state index in [1.165, 1.54) is 7.11 Å². The fraction of sp³-hybridized carbons (Fsp3) is 0.625. The van der Waals surface area contributed by atoms with Crippen molar-refractivity contribution >= 4 is 12.6 Å². The monoisotopic (exact) mass is 310 g/mol. The summed E-state index contributed by atoms with van der Waals surface area (Å²) in [6.07, 6.45) is 0.781. The van der Waals surface area contributed by atoms with Crippen molar-refractivity contribution in [2.45, 2.75) is 52.2 Å². The van der Waals surface area contributed by atoms with Gasteiger partial charge in [0.25, 0.3) is 0 Å². The molecule has 22 heavy (non-hydrogen) atoms. The van der Waals surface area contributed by atoms with E-state index in [1.807, 2.05) is 34.6 Å². The summed E-state index contributed by atoms with van der Waals surface area (Å²) in [5.74, 6) is -0.0194. The van der Waals surface area contributed by atoms with E-state index in [0.29, 0.717) is 17.8 Å². The Morgan fingerprint density at radius 2 is 1.73 bits per heavy atom. The minimum Gasteiger partial charge on any atom is -0.493 e. The zero-order chi connectivity index (χ0) is 16.5. The van der Waals surface area contributed by atoms with Crippen LogP contribution >= 0.6 is 0 Å². The van der Waals surface area contributed by atoms with E-state index in [1.54, 1.807) is 12.1 Å². The lowest BCUT2D eigenvalue weighted by atomic mass is 9.78. The fourth-order valence-electron chi connectivity index (χ4n) is 2.20. The van der Waals surface area contributed by atoms with Crippen LogP contribution in [0.25, 0.3) is 0 Å². The standard InChI is InChI=1S/C16H24BFO4/c1-7-10-20-14-12(19-6)9-8-11(13(14)18)17-21-15(2,3)16(4,5)22-17/h8-9H,7,10H2,1-6H3. The maximum absolute atomic E-state index is 14.8. The van der Waals surface area contributed by atoms with Gasteiger partial charge >= 0.3 is 7.12 Å². The van der Waals surface area contributed by atoms with Crippen molar-refractivity contribution in [2.24, 2.45) is 0 Å². The molecule has 1 aromatic rings. The number of halogens is 1. The molecule has 2 rings (SSSR count). The molecule has 1 aliphatic heterocycles. The van der Waals surface area contributed by atoms with E-state index in [0.717, 1.165) is 6.42 Å². The van der Waals surface area contributed by atoms with E-state index in [4.69, 9.17) is 18.8 Å². The van der Waals surface area contributed by atoms with Crippen molar-refractivity contribution in [3.05, 3.63) is 17.9 Å². The summed E-state index contributed by atoms with van der Waals surface area (Å²) in [6.45, 7) is 10.1. The van der Waals surface area contributed by atoms with Crippen molar-refractivity contribution in [3.63, 3.8) is 0 Å². The molecule has 0 unspecified atom stereocenters. The molecule has 0 radical (unpaired) electrons. The van der Waals surface area contributed by atoms with Crippen LogP contribution < -0.4 is 14.9 Å². The van der Waals surface area contributed by atoms with E-state index in [2.05, 4.69) is 0 Å². The van der Waals surface area contributed by atoms with Crippen molar-refractivity contribution in [1.82, 2.24) is 0 Å². The van der Waals surface area contributed by atoms with Crippen molar-refractivity contribution in [3.8, 4) is 11.5 Å². The van der Waals surface area contributed by atoms with Gasteiger partial charge in [-0.15, -0.1) is 0 Å². The minimum absolute atomic E-state index is 0.108. The van der Waals surface area contributed by atoms with Gasteiger partial charge in [0.1, 0.15) is 0 Å². The molecule has 6 heteroatoms. The SMILES string of the molecule is CCCOc1c(OC)ccc(B2OC(C)(C)C(C)(C)O2)c1F. The molecule has 1 saturated heterocycles. The molecule has 0 N–H and O–H groups in total. The fourth-order valence-corrected chi connectivity index (χ4v) is 2.20. The highest BCUT2D eigenvalue weighted by Crippen LogP contribution is 2.38. The highest BCUT2D eigenvalue weighted by atomic mass is 19.1. The number of hydrogen-bond acceptors (Lipinski definition) is 4. The van der Waals surface area contributed by atoms with Gasteiger partial charge in [-0.25, -0.2) is 4.39 Å². The average Bonchev–Trinajstić information content (AvgIpc) is 2.65. The third-order valence-electron chi connectivity index (χ3n) is 4.27. The smallest absolute Gasteiger partial charge is 0.493 e. The van der Waals surface area contributed by atoms with Gasteiger partial charge in [-0.1, -0.05) is 13.0 Å². The molecule has 1 fully saturated rings. The molecule has 0 amide bonds. The lowest BCUT2D eigenvalue weighted by Gasteiger charge is -2.32.